The average molecular weight is 182 g/mol. The number of nitrogens with two attached hydrogens (primary N) is 1. The van der Waals surface area contributed by atoms with E-state index < -0.39 is 0 Å². The van der Waals surface area contributed by atoms with Crippen LogP contribution < -0.4 is 5.73 Å². The van der Waals surface area contributed by atoms with Crippen LogP contribution in [0.2, 0.25) is 0 Å². The second kappa shape index (κ2) is 2.59. The van der Waals surface area contributed by atoms with Crippen LogP contribution >= 0.6 is 11.8 Å². The van der Waals surface area contributed by atoms with E-state index in [-0.39, 0.29) is 0 Å². The monoisotopic (exact) mass is 182 g/mol. The Morgan fingerprint density at radius 1 is 1.50 bits per heavy atom. The fourth-order valence-corrected chi connectivity index (χ4v) is 1.14. The highest BCUT2D eigenvalue weighted by molar-refractivity contribution is 7.98. The van der Waals surface area contributed by atoms with Gasteiger partial charge in [-0.25, -0.2) is 4.98 Å². The Labute approximate surface area is 72.2 Å². The standard InChI is InChI=1S/C5H6N6S/c1-12-5-9-4-8-2-7-3(6)11(4)10-5/h2H,1H3,(H2,6,7,8,9,10). The van der Waals surface area contributed by atoms with E-state index in [2.05, 4.69) is 20.1 Å². The zero-order valence-electron chi connectivity index (χ0n) is 6.30. The predicted octanol–water partition coefficient (Wildman–Crippen LogP) is -0.177. The maximum Gasteiger partial charge on any atom is 0.257 e. The van der Waals surface area contributed by atoms with Gasteiger partial charge in [-0.3, -0.25) is 0 Å². The third kappa shape index (κ3) is 0.981. The first kappa shape index (κ1) is 7.29. The van der Waals surface area contributed by atoms with Gasteiger partial charge in [0, 0.05) is 0 Å². The Morgan fingerprint density at radius 2 is 2.33 bits per heavy atom. The van der Waals surface area contributed by atoms with Crippen LogP contribution in [-0.2, 0) is 0 Å². The van der Waals surface area contributed by atoms with Crippen molar-refractivity contribution in [2.45, 2.75) is 5.16 Å². The maximum atomic E-state index is 5.52. The van der Waals surface area contributed by atoms with Gasteiger partial charge < -0.3 is 5.73 Å². The topological polar surface area (TPSA) is 82.0 Å². The van der Waals surface area contributed by atoms with Crippen molar-refractivity contribution in [3.8, 4) is 0 Å². The number of hydrogen-bond acceptors (Lipinski definition) is 6. The molecule has 2 aromatic heterocycles. The molecule has 0 aliphatic heterocycles. The molecule has 6 nitrogen and oxygen atoms in total. The molecule has 0 aromatic carbocycles. The first-order valence-electron chi connectivity index (χ1n) is 3.18. The van der Waals surface area contributed by atoms with E-state index in [4.69, 9.17) is 5.73 Å². The molecule has 0 fully saturated rings. The molecule has 0 saturated heterocycles. The van der Waals surface area contributed by atoms with Gasteiger partial charge in [-0.2, -0.15) is 14.5 Å². The highest BCUT2D eigenvalue weighted by Crippen LogP contribution is 2.09. The van der Waals surface area contributed by atoms with E-state index in [9.17, 15) is 0 Å². The summed E-state index contributed by atoms with van der Waals surface area (Å²) >= 11 is 1.44. The van der Waals surface area contributed by atoms with Crippen molar-refractivity contribution in [1.82, 2.24) is 24.6 Å². The third-order valence-corrected chi connectivity index (χ3v) is 1.87. The Bertz CT molecular complexity index is 409. The molecule has 0 unspecified atom stereocenters. The fraction of sp³-hybridized carbons (Fsp3) is 0.200. The van der Waals surface area contributed by atoms with Crippen molar-refractivity contribution in [1.29, 1.82) is 0 Å². The van der Waals surface area contributed by atoms with Crippen LogP contribution in [0.15, 0.2) is 11.5 Å². The fourth-order valence-electron chi connectivity index (χ4n) is 0.804. The summed E-state index contributed by atoms with van der Waals surface area (Å²) in [6, 6.07) is 0. The molecular weight excluding hydrogens is 176 g/mol. The van der Waals surface area contributed by atoms with Crippen LogP contribution in [0, 0.1) is 0 Å². The molecule has 2 aromatic rings. The molecule has 2 rings (SSSR count). The highest BCUT2D eigenvalue weighted by Gasteiger charge is 2.04. The molecule has 0 bridgehead atoms. The SMILES string of the molecule is CSc1nc2ncnc(N)n2n1. The van der Waals surface area contributed by atoms with E-state index in [1.165, 1.54) is 22.6 Å². The van der Waals surface area contributed by atoms with Crippen molar-refractivity contribution < 1.29 is 0 Å². The summed E-state index contributed by atoms with van der Waals surface area (Å²) in [5.41, 5.74) is 5.52. The molecule has 62 valence electrons. The number of fused-ring (bicyclic) bond motifs is 1. The summed E-state index contributed by atoms with van der Waals surface area (Å²) in [4.78, 5) is 11.7. The molecular formula is C5H6N6S. The van der Waals surface area contributed by atoms with Gasteiger partial charge in [0.2, 0.25) is 11.1 Å². The number of aromatic nitrogens is 5. The Morgan fingerprint density at radius 3 is 3.00 bits per heavy atom. The normalized spacial score (nSPS) is 10.8. The first-order chi connectivity index (χ1) is 5.81. The number of hydrogen-bond donors (Lipinski definition) is 1. The zero-order valence-corrected chi connectivity index (χ0v) is 7.12. The maximum absolute atomic E-state index is 5.52. The second-order valence-corrected chi connectivity index (χ2v) is 2.82. The second-order valence-electron chi connectivity index (χ2n) is 2.04. The summed E-state index contributed by atoms with van der Waals surface area (Å²) in [6.45, 7) is 0. The van der Waals surface area contributed by atoms with Crippen molar-refractivity contribution in [2.75, 3.05) is 12.0 Å². The van der Waals surface area contributed by atoms with Crippen molar-refractivity contribution in [3.63, 3.8) is 0 Å². The minimum Gasteiger partial charge on any atom is -0.368 e. The van der Waals surface area contributed by atoms with Gasteiger partial charge in [-0.15, -0.1) is 5.10 Å². The zero-order chi connectivity index (χ0) is 8.55. The lowest BCUT2D eigenvalue weighted by molar-refractivity contribution is 0.865. The molecule has 12 heavy (non-hydrogen) atoms. The molecule has 0 amide bonds. The molecule has 7 heteroatoms. The van der Waals surface area contributed by atoms with Crippen LogP contribution in [0.3, 0.4) is 0 Å². The van der Waals surface area contributed by atoms with Gasteiger partial charge in [-0.05, 0) is 6.26 Å². The Hall–Kier alpha value is -1.37. The molecule has 2 N–H and O–H groups in total. The molecule has 0 aliphatic carbocycles. The van der Waals surface area contributed by atoms with Crippen molar-refractivity contribution in [3.05, 3.63) is 6.33 Å². The molecule has 0 spiro atoms. The van der Waals surface area contributed by atoms with Crippen LogP contribution in [0.4, 0.5) is 5.95 Å². The lowest BCUT2D eigenvalue weighted by Crippen LogP contribution is -2.02. The van der Waals surface area contributed by atoms with Gasteiger partial charge in [0.15, 0.2) is 0 Å². The smallest absolute Gasteiger partial charge is 0.257 e. The Kier molecular flexibility index (Phi) is 1.58. The number of nitrogen functional groups attached to an aromatic ring is 1. The van der Waals surface area contributed by atoms with Gasteiger partial charge in [0.1, 0.15) is 6.33 Å². The number of anilines is 1. The van der Waals surface area contributed by atoms with E-state index >= 15 is 0 Å². The van der Waals surface area contributed by atoms with Crippen LogP contribution in [-0.4, -0.2) is 30.8 Å². The highest BCUT2D eigenvalue weighted by atomic mass is 32.2. The molecule has 2 heterocycles. The third-order valence-electron chi connectivity index (χ3n) is 1.33. The lowest BCUT2D eigenvalue weighted by Gasteiger charge is -1.91. The largest absolute Gasteiger partial charge is 0.368 e. The summed E-state index contributed by atoms with van der Waals surface area (Å²) in [6.07, 6.45) is 3.25. The quantitative estimate of drug-likeness (QED) is 0.616. The van der Waals surface area contributed by atoms with Gasteiger partial charge in [0.25, 0.3) is 5.78 Å². The lowest BCUT2D eigenvalue weighted by atomic mass is 10.9. The van der Waals surface area contributed by atoms with Crippen LogP contribution in [0.25, 0.3) is 5.78 Å². The molecule has 0 saturated carbocycles. The summed E-state index contributed by atoms with van der Waals surface area (Å²) < 4.78 is 1.41. The number of nitrogens with zero attached hydrogens (tertiary/aromatic N) is 5. The average Bonchev–Trinajstić information content (AvgIpc) is 2.49. The van der Waals surface area contributed by atoms with Crippen molar-refractivity contribution >= 4 is 23.5 Å². The van der Waals surface area contributed by atoms with E-state index in [1.54, 1.807) is 0 Å². The molecule has 0 atom stereocenters. The first-order valence-corrected chi connectivity index (χ1v) is 4.41. The summed E-state index contributed by atoms with van der Waals surface area (Å²) in [5, 5.41) is 4.69. The minimum atomic E-state index is 0.299. The predicted molar refractivity (Wildman–Crippen MR) is 44.8 cm³/mol. The van der Waals surface area contributed by atoms with E-state index in [1.807, 2.05) is 6.26 Å². The number of rotatable bonds is 1. The summed E-state index contributed by atoms with van der Waals surface area (Å²) in [7, 11) is 0. The van der Waals surface area contributed by atoms with E-state index in [0.29, 0.717) is 16.9 Å². The van der Waals surface area contributed by atoms with Gasteiger partial charge in [0.05, 0.1) is 0 Å². The summed E-state index contributed by atoms with van der Waals surface area (Å²) in [5.74, 6) is 0.777. The van der Waals surface area contributed by atoms with E-state index in [0.717, 1.165) is 0 Å². The molecule has 0 aliphatic rings. The van der Waals surface area contributed by atoms with Gasteiger partial charge >= 0.3 is 0 Å². The van der Waals surface area contributed by atoms with Crippen LogP contribution in [0.1, 0.15) is 0 Å². The number of thioether (sulfide) groups is 1. The Balaban J connectivity index is 2.74. The minimum absolute atomic E-state index is 0.299. The van der Waals surface area contributed by atoms with Gasteiger partial charge in [-0.1, -0.05) is 11.8 Å². The van der Waals surface area contributed by atoms with Crippen LogP contribution in [0.5, 0.6) is 0 Å². The molecule has 0 radical (unpaired) electrons. The van der Waals surface area contributed by atoms with Crippen molar-refractivity contribution in [2.24, 2.45) is 0 Å².